The van der Waals surface area contributed by atoms with Crippen LogP contribution in [0.15, 0.2) is 54.9 Å². The number of rotatable bonds is 8. The molecule has 0 aliphatic rings. The van der Waals surface area contributed by atoms with E-state index >= 15 is 0 Å². The average Bonchev–Trinajstić information content (AvgIpc) is 2.77. The van der Waals surface area contributed by atoms with Gasteiger partial charge in [-0.15, -0.1) is 0 Å². The number of hydrogen-bond donors (Lipinski definition) is 3. The Hall–Kier alpha value is -3.52. The Morgan fingerprint density at radius 2 is 1.86 bits per heavy atom. The zero-order chi connectivity index (χ0) is 20.6. The van der Waals surface area contributed by atoms with E-state index in [1.165, 1.54) is 24.6 Å². The largest absolute Gasteiger partial charge is 0.467 e. The number of nitrogens with one attached hydrogen (secondary N) is 2. The van der Waals surface area contributed by atoms with Gasteiger partial charge in [-0.3, -0.25) is 0 Å². The van der Waals surface area contributed by atoms with Gasteiger partial charge in [0, 0.05) is 6.54 Å². The lowest BCUT2D eigenvalue weighted by Gasteiger charge is -2.15. The van der Waals surface area contributed by atoms with Crippen LogP contribution in [0, 0.1) is 6.92 Å². The third-order valence-corrected chi connectivity index (χ3v) is 4.51. The van der Waals surface area contributed by atoms with Crippen molar-refractivity contribution in [1.29, 1.82) is 0 Å². The van der Waals surface area contributed by atoms with Crippen LogP contribution in [0.4, 0.5) is 11.9 Å². The van der Waals surface area contributed by atoms with Crippen LogP contribution in [0.1, 0.15) is 11.1 Å². The van der Waals surface area contributed by atoms with Gasteiger partial charge < -0.3 is 20.5 Å². The Morgan fingerprint density at radius 1 is 1.10 bits per heavy atom. The molecule has 29 heavy (non-hydrogen) atoms. The first-order chi connectivity index (χ1) is 14.1. The summed E-state index contributed by atoms with van der Waals surface area (Å²) in [5.74, 6) is -0.0777. The molecule has 8 nitrogen and oxygen atoms in total. The molecule has 150 valence electrons. The fraction of sp³-hybridized carbons (Fsp3) is 0.238. The third kappa shape index (κ3) is 5.05. The maximum Gasteiger partial charge on any atom is 0.330 e. The van der Waals surface area contributed by atoms with E-state index in [1.807, 2.05) is 30.3 Å². The molecular formula is C21H23N5O3. The number of carbonyl (C=O) groups excluding carboxylic acids is 1. The Labute approximate surface area is 169 Å². The summed E-state index contributed by atoms with van der Waals surface area (Å²) in [4.78, 5) is 23.9. The second-order valence-electron chi connectivity index (χ2n) is 6.34. The molecule has 0 spiro atoms. The van der Waals surface area contributed by atoms with Crippen molar-refractivity contribution >= 4 is 17.9 Å². The van der Waals surface area contributed by atoms with Crippen molar-refractivity contribution in [3.05, 3.63) is 66.0 Å². The summed E-state index contributed by atoms with van der Waals surface area (Å²) in [6, 6.07) is 15.4. The van der Waals surface area contributed by atoms with Crippen molar-refractivity contribution in [2.24, 2.45) is 0 Å². The maximum atomic E-state index is 11.6. The molecule has 0 saturated heterocycles. The van der Waals surface area contributed by atoms with Crippen LogP contribution in [0.5, 0.6) is 0 Å². The highest BCUT2D eigenvalue weighted by Crippen LogP contribution is 2.25. The smallest absolute Gasteiger partial charge is 0.330 e. The summed E-state index contributed by atoms with van der Waals surface area (Å²) >= 11 is 0. The zero-order valence-corrected chi connectivity index (χ0v) is 16.3. The molecule has 0 bridgehead atoms. The van der Waals surface area contributed by atoms with Crippen molar-refractivity contribution in [1.82, 2.24) is 15.0 Å². The van der Waals surface area contributed by atoms with Crippen molar-refractivity contribution < 1.29 is 14.6 Å². The first-order valence-electron chi connectivity index (χ1n) is 9.14. The highest BCUT2D eigenvalue weighted by atomic mass is 16.5. The van der Waals surface area contributed by atoms with Crippen molar-refractivity contribution in [3.8, 4) is 11.1 Å². The molecule has 0 radical (unpaired) electrons. The fourth-order valence-corrected chi connectivity index (χ4v) is 2.91. The minimum absolute atomic E-state index is 0.168. The van der Waals surface area contributed by atoms with Crippen LogP contribution >= 0.6 is 0 Å². The minimum atomic E-state index is -0.944. The predicted octanol–water partition coefficient (Wildman–Crippen LogP) is 2.40. The highest BCUT2D eigenvalue weighted by Gasteiger charge is 2.19. The van der Waals surface area contributed by atoms with E-state index in [2.05, 4.69) is 55.4 Å². The average molecular weight is 393 g/mol. The van der Waals surface area contributed by atoms with Gasteiger partial charge in [-0.05, 0) is 29.2 Å². The summed E-state index contributed by atoms with van der Waals surface area (Å²) in [7, 11) is 1.25. The first-order valence-corrected chi connectivity index (χ1v) is 9.14. The third-order valence-electron chi connectivity index (χ3n) is 4.51. The fourth-order valence-electron chi connectivity index (χ4n) is 2.91. The van der Waals surface area contributed by atoms with E-state index < -0.39 is 18.6 Å². The summed E-state index contributed by atoms with van der Waals surface area (Å²) in [6.45, 7) is 2.17. The van der Waals surface area contributed by atoms with Crippen LogP contribution in [0.2, 0.25) is 0 Å². The quantitative estimate of drug-likeness (QED) is 0.501. The number of aliphatic hydroxyl groups excluding tert-OH is 1. The molecule has 0 unspecified atom stereocenters. The predicted molar refractivity (Wildman–Crippen MR) is 110 cm³/mol. The Morgan fingerprint density at radius 3 is 2.59 bits per heavy atom. The van der Waals surface area contributed by atoms with Crippen LogP contribution in [0.3, 0.4) is 0 Å². The van der Waals surface area contributed by atoms with Gasteiger partial charge in [-0.25, -0.2) is 14.8 Å². The summed E-state index contributed by atoms with van der Waals surface area (Å²) < 4.78 is 4.62. The molecule has 0 aliphatic carbocycles. The van der Waals surface area contributed by atoms with Gasteiger partial charge in [0.1, 0.15) is 6.33 Å². The van der Waals surface area contributed by atoms with E-state index in [1.54, 1.807) is 0 Å². The summed E-state index contributed by atoms with van der Waals surface area (Å²) in [5, 5.41) is 15.2. The second-order valence-corrected chi connectivity index (χ2v) is 6.34. The van der Waals surface area contributed by atoms with Crippen LogP contribution in [-0.4, -0.2) is 45.8 Å². The topological polar surface area (TPSA) is 109 Å². The molecule has 3 aromatic rings. The second kappa shape index (κ2) is 9.61. The Bertz CT molecular complexity index is 966. The number of methoxy groups -OCH3 is 1. The van der Waals surface area contributed by atoms with Gasteiger partial charge in [-0.2, -0.15) is 4.98 Å². The van der Waals surface area contributed by atoms with Gasteiger partial charge in [0.25, 0.3) is 0 Å². The van der Waals surface area contributed by atoms with Gasteiger partial charge >= 0.3 is 5.97 Å². The van der Waals surface area contributed by atoms with E-state index in [-0.39, 0.29) is 5.95 Å². The molecule has 1 aromatic heterocycles. The summed E-state index contributed by atoms with van der Waals surface area (Å²) in [6.07, 6.45) is 1.33. The van der Waals surface area contributed by atoms with Gasteiger partial charge in [0.15, 0.2) is 6.04 Å². The number of ether oxygens (including phenoxy) is 1. The molecule has 3 N–H and O–H groups in total. The molecule has 1 heterocycles. The van der Waals surface area contributed by atoms with Gasteiger partial charge in [-0.1, -0.05) is 48.5 Å². The molecule has 0 saturated carbocycles. The summed E-state index contributed by atoms with van der Waals surface area (Å²) in [5.41, 5.74) is 4.62. The molecule has 0 amide bonds. The monoisotopic (exact) mass is 393 g/mol. The Kier molecular flexibility index (Phi) is 6.70. The zero-order valence-electron chi connectivity index (χ0n) is 16.3. The number of aliphatic hydroxyl groups is 1. The lowest BCUT2D eigenvalue weighted by molar-refractivity contribution is -0.142. The standard InChI is InChI=1S/C21H23N5O3/c1-14-16(9-6-10-17(14)15-7-4-3-5-8-15)11-22-20-23-13-24-21(26-20)25-18(12-27)19(28)29-2/h3-10,13,18,27H,11-12H2,1-2H3,(H2,22,23,24,25,26)/t18-/m0/s1. The number of esters is 1. The van der Waals surface area contributed by atoms with Crippen LogP contribution in [0.25, 0.3) is 11.1 Å². The molecule has 8 heteroatoms. The Balaban J connectivity index is 1.72. The molecule has 0 aliphatic heterocycles. The molecule has 0 fully saturated rings. The number of benzene rings is 2. The highest BCUT2D eigenvalue weighted by molar-refractivity contribution is 5.78. The van der Waals surface area contributed by atoms with E-state index in [9.17, 15) is 9.90 Å². The lowest BCUT2D eigenvalue weighted by atomic mass is 9.96. The van der Waals surface area contributed by atoms with Crippen LogP contribution < -0.4 is 10.6 Å². The normalized spacial score (nSPS) is 11.6. The SMILES string of the molecule is COC(=O)[C@H](CO)Nc1ncnc(NCc2cccc(-c3ccccc3)c2C)n1. The molecular weight excluding hydrogens is 370 g/mol. The van der Waals surface area contributed by atoms with Crippen molar-refractivity contribution in [3.63, 3.8) is 0 Å². The first kappa shape index (κ1) is 20.2. The lowest BCUT2D eigenvalue weighted by Crippen LogP contribution is -2.34. The number of aromatic nitrogens is 3. The number of hydrogen-bond acceptors (Lipinski definition) is 8. The maximum absolute atomic E-state index is 11.6. The van der Waals surface area contributed by atoms with E-state index in [0.29, 0.717) is 12.5 Å². The molecule has 2 aromatic carbocycles. The van der Waals surface area contributed by atoms with Crippen LogP contribution in [-0.2, 0) is 16.1 Å². The molecule has 3 rings (SSSR count). The van der Waals surface area contributed by atoms with Gasteiger partial charge in [0.2, 0.25) is 11.9 Å². The van der Waals surface area contributed by atoms with Crippen molar-refractivity contribution in [2.75, 3.05) is 24.4 Å². The van der Waals surface area contributed by atoms with Gasteiger partial charge in [0.05, 0.1) is 13.7 Å². The number of anilines is 2. The van der Waals surface area contributed by atoms with E-state index in [0.717, 1.165) is 11.1 Å². The number of nitrogens with zero attached hydrogens (tertiary/aromatic N) is 3. The van der Waals surface area contributed by atoms with E-state index in [4.69, 9.17) is 0 Å². The minimum Gasteiger partial charge on any atom is -0.467 e. The number of carbonyl (C=O) groups is 1. The van der Waals surface area contributed by atoms with Crippen molar-refractivity contribution in [2.45, 2.75) is 19.5 Å². The molecule has 1 atom stereocenters.